The highest BCUT2D eigenvalue weighted by Crippen LogP contribution is 2.41. The molecule has 0 unspecified atom stereocenters. The number of hydrogen-bond donors (Lipinski definition) is 3. The first-order valence-corrected chi connectivity index (χ1v) is 8.88. The van der Waals surface area contributed by atoms with Crippen LogP contribution in [0, 0.1) is 6.92 Å². The predicted octanol–water partition coefficient (Wildman–Crippen LogP) is 3.80. The van der Waals surface area contributed by atoms with Gasteiger partial charge in [0.2, 0.25) is 0 Å². The van der Waals surface area contributed by atoms with E-state index in [1.165, 1.54) is 13.3 Å². The average molecular weight is 471 g/mol. The summed E-state index contributed by atoms with van der Waals surface area (Å²) in [4.78, 5) is 11.8. The van der Waals surface area contributed by atoms with E-state index in [1.54, 1.807) is 6.07 Å². The number of phenols is 1. The van der Waals surface area contributed by atoms with Crippen molar-refractivity contribution in [3.63, 3.8) is 0 Å². The molecule has 1 amide bonds. The lowest BCUT2D eigenvalue weighted by molar-refractivity contribution is -0.119. The van der Waals surface area contributed by atoms with Gasteiger partial charge in [-0.1, -0.05) is 17.7 Å². The van der Waals surface area contributed by atoms with Crippen LogP contribution >= 0.6 is 31.9 Å². The van der Waals surface area contributed by atoms with Crippen LogP contribution in [0.15, 0.2) is 44.4 Å². The van der Waals surface area contributed by atoms with Crippen molar-refractivity contribution in [2.45, 2.75) is 6.92 Å². The first-order valence-electron chi connectivity index (χ1n) is 7.29. The molecule has 0 aliphatic rings. The van der Waals surface area contributed by atoms with E-state index in [2.05, 4.69) is 47.7 Å². The quantitative estimate of drug-likeness (QED) is 0.443. The molecular formula is C17H17Br2N3O3. The van der Waals surface area contributed by atoms with E-state index in [9.17, 15) is 9.90 Å². The number of amides is 1. The standard InChI is InChI=1S/C17H17Br2N3O3/c1-10-3-5-12(6-4-10)20-9-14(23)22-21-8-11-7-13(25-2)17(24)16(19)15(11)18/h3-8,20,24H,9H2,1-2H3,(H,22,23). The maximum absolute atomic E-state index is 11.8. The molecule has 2 rings (SSSR count). The summed E-state index contributed by atoms with van der Waals surface area (Å²) in [6, 6.07) is 9.34. The molecule has 6 nitrogen and oxygen atoms in total. The minimum Gasteiger partial charge on any atom is -0.503 e. The minimum atomic E-state index is -0.280. The molecule has 0 atom stereocenters. The smallest absolute Gasteiger partial charge is 0.259 e. The molecule has 0 bridgehead atoms. The van der Waals surface area contributed by atoms with E-state index < -0.39 is 0 Å². The van der Waals surface area contributed by atoms with Gasteiger partial charge in [0, 0.05) is 15.7 Å². The number of hydrazone groups is 1. The van der Waals surface area contributed by atoms with Gasteiger partial charge in [0.1, 0.15) is 0 Å². The number of carbonyl (C=O) groups is 1. The topological polar surface area (TPSA) is 83.0 Å². The summed E-state index contributed by atoms with van der Waals surface area (Å²) < 4.78 is 6.13. The molecule has 25 heavy (non-hydrogen) atoms. The van der Waals surface area contributed by atoms with Gasteiger partial charge in [0.05, 0.1) is 24.3 Å². The molecule has 0 saturated heterocycles. The zero-order chi connectivity index (χ0) is 18.4. The molecular weight excluding hydrogens is 454 g/mol. The minimum absolute atomic E-state index is 0.0159. The molecule has 8 heteroatoms. The first kappa shape index (κ1) is 19.3. The molecule has 0 saturated carbocycles. The molecule has 0 aliphatic carbocycles. The van der Waals surface area contributed by atoms with Crippen molar-refractivity contribution >= 4 is 49.7 Å². The van der Waals surface area contributed by atoms with Gasteiger partial charge < -0.3 is 15.2 Å². The summed E-state index contributed by atoms with van der Waals surface area (Å²) >= 11 is 6.61. The maximum Gasteiger partial charge on any atom is 0.259 e. The lowest BCUT2D eigenvalue weighted by Gasteiger charge is -2.09. The number of halogens is 2. The van der Waals surface area contributed by atoms with Crippen molar-refractivity contribution in [2.75, 3.05) is 19.0 Å². The number of rotatable bonds is 6. The van der Waals surface area contributed by atoms with E-state index in [4.69, 9.17) is 4.74 Å². The van der Waals surface area contributed by atoms with E-state index in [0.29, 0.717) is 20.3 Å². The highest BCUT2D eigenvalue weighted by Gasteiger charge is 2.13. The zero-order valence-electron chi connectivity index (χ0n) is 13.6. The van der Waals surface area contributed by atoms with Crippen LogP contribution in [0.5, 0.6) is 11.5 Å². The van der Waals surface area contributed by atoms with Crippen molar-refractivity contribution in [1.82, 2.24) is 5.43 Å². The van der Waals surface area contributed by atoms with E-state index in [-0.39, 0.29) is 18.2 Å². The summed E-state index contributed by atoms with van der Waals surface area (Å²) in [5.41, 5.74) is 5.09. The lowest BCUT2D eigenvalue weighted by atomic mass is 10.2. The van der Waals surface area contributed by atoms with E-state index in [1.807, 2.05) is 31.2 Å². The monoisotopic (exact) mass is 469 g/mol. The zero-order valence-corrected chi connectivity index (χ0v) is 16.8. The Morgan fingerprint density at radius 3 is 2.60 bits per heavy atom. The largest absolute Gasteiger partial charge is 0.503 e. The second-order valence-corrected chi connectivity index (χ2v) is 6.74. The van der Waals surface area contributed by atoms with Crippen molar-refractivity contribution in [1.29, 1.82) is 0 Å². The number of aromatic hydroxyl groups is 1. The Balaban J connectivity index is 1.95. The van der Waals surface area contributed by atoms with Gasteiger partial charge in [-0.05, 0) is 57.0 Å². The second-order valence-electron chi connectivity index (χ2n) is 5.16. The molecule has 0 heterocycles. The Labute approximate surface area is 162 Å². The van der Waals surface area contributed by atoms with Crippen LogP contribution in [0.25, 0.3) is 0 Å². The van der Waals surface area contributed by atoms with Crippen molar-refractivity contribution in [3.05, 3.63) is 50.4 Å². The molecule has 0 aromatic heterocycles. The Morgan fingerprint density at radius 1 is 1.28 bits per heavy atom. The number of benzene rings is 2. The molecule has 3 N–H and O–H groups in total. The summed E-state index contributed by atoms with van der Waals surface area (Å²) in [7, 11) is 1.45. The van der Waals surface area contributed by atoms with Gasteiger partial charge in [0.15, 0.2) is 11.5 Å². The summed E-state index contributed by atoms with van der Waals surface area (Å²) in [5, 5.41) is 16.8. The number of hydrogen-bond acceptors (Lipinski definition) is 5. The lowest BCUT2D eigenvalue weighted by Crippen LogP contribution is -2.25. The fourth-order valence-electron chi connectivity index (χ4n) is 1.93. The third-order valence-corrected chi connectivity index (χ3v) is 5.45. The Kier molecular flexibility index (Phi) is 6.83. The van der Waals surface area contributed by atoms with E-state index >= 15 is 0 Å². The third-order valence-electron chi connectivity index (χ3n) is 3.29. The molecule has 2 aromatic carbocycles. The number of aryl methyl sites for hydroxylation is 1. The summed E-state index contributed by atoms with van der Waals surface area (Å²) in [6.07, 6.45) is 1.46. The van der Waals surface area contributed by atoms with Gasteiger partial charge in [-0.3, -0.25) is 4.79 Å². The molecule has 0 aliphatic heterocycles. The van der Waals surface area contributed by atoms with Crippen molar-refractivity contribution in [3.8, 4) is 11.5 Å². The number of nitrogens with zero attached hydrogens (tertiary/aromatic N) is 1. The molecule has 2 aromatic rings. The van der Waals surface area contributed by atoms with Gasteiger partial charge in [-0.2, -0.15) is 5.10 Å². The predicted molar refractivity (Wildman–Crippen MR) is 105 cm³/mol. The molecule has 0 radical (unpaired) electrons. The fourth-order valence-corrected chi connectivity index (χ4v) is 2.76. The second kappa shape index (κ2) is 8.87. The summed E-state index contributed by atoms with van der Waals surface area (Å²) in [5.74, 6) is -0.000459. The summed E-state index contributed by atoms with van der Waals surface area (Å²) in [6.45, 7) is 2.10. The highest BCUT2D eigenvalue weighted by molar-refractivity contribution is 9.13. The van der Waals surface area contributed by atoms with Crippen LogP contribution < -0.4 is 15.5 Å². The van der Waals surface area contributed by atoms with Crippen LogP contribution in [0.3, 0.4) is 0 Å². The van der Waals surface area contributed by atoms with Crippen LogP contribution in [-0.4, -0.2) is 30.9 Å². The van der Waals surface area contributed by atoms with Gasteiger partial charge in [-0.15, -0.1) is 0 Å². The average Bonchev–Trinajstić information content (AvgIpc) is 2.61. The van der Waals surface area contributed by atoms with Crippen LogP contribution in [0.1, 0.15) is 11.1 Å². The normalized spacial score (nSPS) is 10.7. The third kappa shape index (κ3) is 5.20. The number of methoxy groups -OCH3 is 1. The number of phenolic OH excluding ortho intramolecular Hbond substituents is 1. The number of carbonyl (C=O) groups excluding carboxylic acids is 1. The molecule has 132 valence electrons. The Bertz CT molecular complexity index is 793. The van der Waals surface area contributed by atoms with Gasteiger partial charge >= 0.3 is 0 Å². The number of nitrogens with one attached hydrogen (secondary N) is 2. The van der Waals surface area contributed by atoms with Crippen LogP contribution in [0.2, 0.25) is 0 Å². The number of ether oxygens (including phenoxy) is 1. The highest BCUT2D eigenvalue weighted by atomic mass is 79.9. The first-order chi connectivity index (χ1) is 11.9. The van der Waals surface area contributed by atoms with Gasteiger partial charge in [-0.25, -0.2) is 5.43 Å². The van der Waals surface area contributed by atoms with Crippen LogP contribution in [-0.2, 0) is 4.79 Å². The maximum atomic E-state index is 11.8. The van der Waals surface area contributed by atoms with Crippen molar-refractivity contribution < 1.29 is 14.6 Å². The van der Waals surface area contributed by atoms with E-state index in [0.717, 1.165) is 11.3 Å². The van der Waals surface area contributed by atoms with Crippen LogP contribution in [0.4, 0.5) is 5.69 Å². The fraction of sp³-hybridized carbons (Fsp3) is 0.176. The molecule has 0 fully saturated rings. The SMILES string of the molecule is COc1cc(C=NNC(=O)CNc2ccc(C)cc2)c(Br)c(Br)c1O. The number of anilines is 1. The Morgan fingerprint density at radius 2 is 1.96 bits per heavy atom. The Hall–Kier alpha value is -2.06. The van der Waals surface area contributed by atoms with Gasteiger partial charge in [0.25, 0.3) is 5.91 Å². The molecule has 0 spiro atoms. The van der Waals surface area contributed by atoms with Crippen molar-refractivity contribution in [2.24, 2.45) is 5.10 Å².